The number of rotatable bonds is 9. The fourth-order valence-electron chi connectivity index (χ4n) is 4.18. The summed E-state index contributed by atoms with van der Waals surface area (Å²) < 4.78 is 5.55. The van der Waals surface area contributed by atoms with Crippen LogP contribution in [0.5, 0.6) is 0 Å². The summed E-state index contributed by atoms with van der Waals surface area (Å²) >= 11 is 0. The number of hydrogen-bond donors (Lipinski definition) is 3. The zero-order valence-electron chi connectivity index (χ0n) is 18.5. The number of benzene rings is 1. The molecular weight excluding hydrogens is 491 g/mol. The van der Waals surface area contributed by atoms with Crippen LogP contribution in [0.1, 0.15) is 32.5 Å². The van der Waals surface area contributed by atoms with Gasteiger partial charge < -0.3 is 20.4 Å². The molecule has 1 aliphatic rings. The number of aliphatic imine (C=N–C) groups is 1. The molecule has 1 aliphatic heterocycles. The molecule has 1 aromatic heterocycles. The van der Waals surface area contributed by atoms with Crippen molar-refractivity contribution in [3.05, 3.63) is 30.1 Å². The lowest BCUT2D eigenvalue weighted by Gasteiger charge is -2.39. The monoisotopic (exact) mass is 528 g/mol. The first kappa shape index (κ1) is 24.9. The standard InChI is InChI=1S/C22H36N6O.HI/c1-4-17(5-2)20(28-12-14-29-15-13-28)16-25-22(23-3)24-11-10-21-26-18-8-6-7-9-19(18)27-21;/h6-9,17,20H,4-5,10-16H2,1-3H3,(H,26,27)(H2,23,24,25);1H. The first-order valence-electron chi connectivity index (χ1n) is 10.9. The number of aromatic amines is 1. The highest BCUT2D eigenvalue weighted by molar-refractivity contribution is 14.0. The highest BCUT2D eigenvalue weighted by Gasteiger charge is 2.26. The summed E-state index contributed by atoms with van der Waals surface area (Å²) in [7, 11) is 1.83. The maximum Gasteiger partial charge on any atom is 0.191 e. The predicted molar refractivity (Wildman–Crippen MR) is 135 cm³/mol. The average molecular weight is 528 g/mol. The van der Waals surface area contributed by atoms with Crippen molar-refractivity contribution in [3.8, 4) is 0 Å². The van der Waals surface area contributed by atoms with E-state index < -0.39 is 0 Å². The summed E-state index contributed by atoms with van der Waals surface area (Å²) in [5.74, 6) is 2.52. The van der Waals surface area contributed by atoms with Gasteiger partial charge in [-0.2, -0.15) is 0 Å². The number of guanidine groups is 1. The number of hydrogen-bond acceptors (Lipinski definition) is 4. The van der Waals surface area contributed by atoms with Gasteiger partial charge in [-0.05, 0) is 18.1 Å². The van der Waals surface area contributed by atoms with Crippen molar-refractivity contribution in [1.82, 2.24) is 25.5 Å². The number of ether oxygens (including phenoxy) is 1. The van der Waals surface area contributed by atoms with Crippen LogP contribution in [-0.4, -0.2) is 73.3 Å². The normalized spacial score (nSPS) is 16.5. The maximum absolute atomic E-state index is 5.55. The molecule has 0 radical (unpaired) electrons. The molecule has 3 N–H and O–H groups in total. The second kappa shape index (κ2) is 13.1. The Bertz CT molecular complexity index is 737. The van der Waals surface area contributed by atoms with E-state index in [1.54, 1.807) is 0 Å². The molecule has 8 heteroatoms. The van der Waals surface area contributed by atoms with E-state index in [1.807, 2.05) is 25.2 Å². The fourth-order valence-corrected chi connectivity index (χ4v) is 4.18. The van der Waals surface area contributed by atoms with E-state index in [2.05, 4.69) is 50.4 Å². The second-order valence-electron chi connectivity index (χ2n) is 7.62. The second-order valence-corrected chi connectivity index (χ2v) is 7.62. The van der Waals surface area contributed by atoms with Crippen molar-refractivity contribution < 1.29 is 4.74 Å². The largest absolute Gasteiger partial charge is 0.379 e. The quantitative estimate of drug-likeness (QED) is 0.265. The van der Waals surface area contributed by atoms with E-state index in [-0.39, 0.29) is 24.0 Å². The SMILES string of the molecule is CCC(CC)C(CNC(=NC)NCCc1nc2ccccc2[nH]1)N1CCOCC1.I. The third-order valence-corrected chi connectivity index (χ3v) is 5.90. The molecule has 1 unspecified atom stereocenters. The third kappa shape index (κ3) is 6.81. The van der Waals surface area contributed by atoms with Crippen molar-refractivity contribution in [2.24, 2.45) is 10.9 Å². The minimum absolute atomic E-state index is 0. The van der Waals surface area contributed by atoms with Gasteiger partial charge in [-0.15, -0.1) is 24.0 Å². The molecule has 0 bridgehead atoms. The van der Waals surface area contributed by atoms with E-state index in [4.69, 9.17) is 4.74 Å². The van der Waals surface area contributed by atoms with Crippen molar-refractivity contribution in [2.75, 3.05) is 46.4 Å². The van der Waals surface area contributed by atoms with Gasteiger partial charge >= 0.3 is 0 Å². The van der Waals surface area contributed by atoms with Gasteiger partial charge in [-0.1, -0.05) is 38.8 Å². The van der Waals surface area contributed by atoms with Gasteiger partial charge in [0.1, 0.15) is 5.82 Å². The molecule has 7 nitrogen and oxygen atoms in total. The van der Waals surface area contributed by atoms with Crippen LogP contribution in [0.4, 0.5) is 0 Å². The van der Waals surface area contributed by atoms with Gasteiger partial charge in [-0.25, -0.2) is 4.98 Å². The van der Waals surface area contributed by atoms with E-state index in [1.165, 1.54) is 12.8 Å². The number of nitrogens with zero attached hydrogens (tertiary/aromatic N) is 3. The van der Waals surface area contributed by atoms with Crippen molar-refractivity contribution in [3.63, 3.8) is 0 Å². The zero-order chi connectivity index (χ0) is 20.5. The summed E-state index contributed by atoms with van der Waals surface area (Å²) in [5.41, 5.74) is 2.10. The fraction of sp³-hybridized carbons (Fsp3) is 0.636. The zero-order valence-corrected chi connectivity index (χ0v) is 20.8. The molecule has 1 atom stereocenters. The number of fused-ring (bicyclic) bond motifs is 1. The molecule has 30 heavy (non-hydrogen) atoms. The molecular formula is C22H37IN6O. The summed E-state index contributed by atoms with van der Waals surface area (Å²) in [5, 5.41) is 6.99. The van der Waals surface area contributed by atoms with Crippen LogP contribution < -0.4 is 10.6 Å². The lowest BCUT2D eigenvalue weighted by Crippen LogP contribution is -2.53. The van der Waals surface area contributed by atoms with Crippen molar-refractivity contribution >= 4 is 41.0 Å². The van der Waals surface area contributed by atoms with Crippen LogP contribution in [0.2, 0.25) is 0 Å². The highest BCUT2D eigenvalue weighted by Crippen LogP contribution is 2.19. The Morgan fingerprint density at radius 1 is 1.20 bits per heavy atom. The number of morpholine rings is 1. The minimum Gasteiger partial charge on any atom is -0.379 e. The Labute approximate surface area is 197 Å². The number of para-hydroxylation sites is 2. The Kier molecular flexibility index (Phi) is 10.9. The van der Waals surface area contributed by atoms with E-state index in [0.717, 1.165) is 68.6 Å². The first-order chi connectivity index (χ1) is 14.2. The van der Waals surface area contributed by atoms with Gasteiger partial charge in [0.05, 0.1) is 24.2 Å². The molecule has 0 amide bonds. The first-order valence-corrected chi connectivity index (χ1v) is 10.9. The molecule has 0 spiro atoms. The summed E-state index contributed by atoms with van der Waals surface area (Å²) in [6, 6.07) is 8.64. The predicted octanol–water partition coefficient (Wildman–Crippen LogP) is 3.03. The van der Waals surface area contributed by atoms with Crippen LogP contribution in [0, 0.1) is 5.92 Å². The van der Waals surface area contributed by atoms with Gasteiger partial charge in [0, 0.05) is 45.7 Å². The van der Waals surface area contributed by atoms with Crippen LogP contribution in [0.25, 0.3) is 11.0 Å². The van der Waals surface area contributed by atoms with Crippen LogP contribution in [-0.2, 0) is 11.2 Å². The molecule has 0 saturated carbocycles. The topological polar surface area (TPSA) is 77.6 Å². The van der Waals surface area contributed by atoms with Crippen LogP contribution in [0.3, 0.4) is 0 Å². The van der Waals surface area contributed by atoms with E-state index in [9.17, 15) is 0 Å². The average Bonchev–Trinajstić information content (AvgIpc) is 3.18. The number of aromatic nitrogens is 2. The molecule has 1 fully saturated rings. The molecule has 1 aromatic carbocycles. The summed E-state index contributed by atoms with van der Waals surface area (Å²) in [4.78, 5) is 15.0. The van der Waals surface area contributed by atoms with Crippen molar-refractivity contribution in [1.29, 1.82) is 0 Å². The Morgan fingerprint density at radius 2 is 1.93 bits per heavy atom. The summed E-state index contributed by atoms with van der Waals surface area (Å²) in [6.45, 7) is 9.97. The van der Waals surface area contributed by atoms with Gasteiger partial charge in [0.2, 0.25) is 0 Å². The highest BCUT2D eigenvalue weighted by atomic mass is 127. The van der Waals surface area contributed by atoms with Gasteiger partial charge in [0.15, 0.2) is 5.96 Å². The minimum atomic E-state index is 0. The molecule has 0 aliphatic carbocycles. The van der Waals surface area contributed by atoms with Crippen LogP contribution in [0.15, 0.2) is 29.3 Å². The van der Waals surface area contributed by atoms with Crippen LogP contribution >= 0.6 is 24.0 Å². The molecule has 2 aromatic rings. The Morgan fingerprint density at radius 3 is 2.60 bits per heavy atom. The third-order valence-electron chi connectivity index (χ3n) is 5.90. The number of nitrogens with one attached hydrogen (secondary N) is 3. The van der Waals surface area contributed by atoms with E-state index >= 15 is 0 Å². The molecule has 2 heterocycles. The Balaban J connectivity index is 0.00000320. The van der Waals surface area contributed by atoms with Crippen molar-refractivity contribution in [2.45, 2.75) is 39.2 Å². The molecule has 168 valence electrons. The lowest BCUT2D eigenvalue weighted by atomic mass is 9.92. The van der Waals surface area contributed by atoms with Gasteiger partial charge in [0.25, 0.3) is 0 Å². The molecule has 3 rings (SSSR count). The summed E-state index contributed by atoms with van der Waals surface area (Å²) in [6.07, 6.45) is 3.21. The van der Waals surface area contributed by atoms with E-state index in [0.29, 0.717) is 12.0 Å². The number of halogens is 1. The molecule has 1 saturated heterocycles. The number of imidazole rings is 1. The smallest absolute Gasteiger partial charge is 0.191 e. The van der Waals surface area contributed by atoms with Gasteiger partial charge in [-0.3, -0.25) is 9.89 Å². The lowest BCUT2D eigenvalue weighted by molar-refractivity contribution is 0.00272. The Hall–Kier alpha value is -1.39. The number of H-pyrrole nitrogens is 1. The maximum atomic E-state index is 5.55.